The van der Waals surface area contributed by atoms with E-state index in [1.807, 2.05) is 20.8 Å². The number of aliphatic hydroxyl groups is 3. The summed E-state index contributed by atoms with van der Waals surface area (Å²) in [6.07, 6.45) is 0.516. The summed E-state index contributed by atoms with van der Waals surface area (Å²) in [5.74, 6) is -1.40. The molecule has 1 saturated carbocycles. The van der Waals surface area contributed by atoms with E-state index in [1.165, 1.54) is 13.0 Å². The number of nitrogens with one attached hydrogen (secondary N) is 2. The molecule has 5 atom stereocenters. The number of hydrogen-bond donors (Lipinski definition) is 5. The van der Waals surface area contributed by atoms with E-state index in [4.69, 9.17) is 14.2 Å². The first-order valence-electron chi connectivity index (χ1n) is 12.0. The SMILES string of the molecule is CO[C@@H](C(=O)N[C@@H](C)C(=O)NCCOC(=O)OC1CCCCC1)[C@H](O)[C@@H](O)[C@H](O)/C=C/C(C)(C)C. The first-order chi connectivity index (χ1) is 16.4. The average Bonchev–Trinajstić information content (AvgIpc) is 2.80. The Morgan fingerprint density at radius 1 is 1.03 bits per heavy atom. The highest BCUT2D eigenvalue weighted by atomic mass is 16.7. The number of rotatable bonds is 12. The van der Waals surface area contributed by atoms with Crippen molar-refractivity contribution < 1.29 is 43.9 Å². The maximum absolute atomic E-state index is 12.5. The number of carbonyl (C=O) groups excluding carboxylic acids is 3. The molecule has 11 nitrogen and oxygen atoms in total. The van der Waals surface area contributed by atoms with Crippen LogP contribution in [-0.2, 0) is 23.8 Å². The quantitative estimate of drug-likeness (QED) is 0.147. The Labute approximate surface area is 207 Å². The van der Waals surface area contributed by atoms with Gasteiger partial charge in [-0.3, -0.25) is 9.59 Å². The van der Waals surface area contributed by atoms with Gasteiger partial charge in [-0.05, 0) is 38.0 Å². The van der Waals surface area contributed by atoms with Gasteiger partial charge in [0.05, 0.1) is 6.54 Å². The molecule has 0 aromatic heterocycles. The highest BCUT2D eigenvalue weighted by molar-refractivity contribution is 5.89. The van der Waals surface area contributed by atoms with Crippen molar-refractivity contribution in [1.82, 2.24) is 10.6 Å². The molecular weight excluding hydrogens is 460 g/mol. The van der Waals surface area contributed by atoms with Crippen LogP contribution < -0.4 is 10.6 Å². The average molecular weight is 503 g/mol. The van der Waals surface area contributed by atoms with Crippen LogP contribution in [-0.4, -0.2) is 90.1 Å². The van der Waals surface area contributed by atoms with E-state index >= 15 is 0 Å². The normalized spacial score (nSPS) is 19.3. The molecule has 0 spiro atoms. The highest BCUT2D eigenvalue weighted by Gasteiger charge is 2.36. The molecule has 35 heavy (non-hydrogen) atoms. The smallest absolute Gasteiger partial charge is 0.432 e. The maximum atomic E-state index is 12.5. The van der Waals surface area contributed by atoms with Crippen molar-refractivity contribution in [1.29, 1.82) is 0 Å². The third-order valence-electron chi connectivity index (χ3n) is 5.50. The summed E-state index contributed by atoms with van der Waals surface area (Å²) < 4.78 is 15.2. The second kappa shape index (κ2) is 15.0. The molecule has 0 aliphatic heterocycles. The molecule has 5 N–H and O–H groups in total. The van der Waals surface area contributed by atoms with Gasteiger partial charge in [0, 0.05) is 7.11 Å². The van der Waals surface area contributed by atoms with E-state index in [0.717, 1.165) is 39.2 Å². The third kappa shape index (κ3) is 11.9. The van der Waals surface area contributed by atoms with Gasteiger partial charge in [0.15, 0.2) is 6.10 Å². The Kier molecular flexibility index (Phi) is 13.2. The zero-order chi connectivity index (χ0) is 26.6. The van der Waals surface area contributed by atoms with Gasteiger partial charge in [0.2, 0.25) is 5.91 Å². The van der Waals surface area contributed by atoms with Crippen molar-refractivity contribution in [2.24, 2.45) is 5.41 Å². The minimum Gasteiger partial charge on any atom is -0.432 e. The fourth-order valence-electron chi connectivity index (χ4n) is 3.46. The molecule has 0 unspecified atom stereocenters. The number of allylic oxidation sites excluding steroid dienone is 1. The lowest BCUT2D eigenvalue weighted by molar-refractivity contribution is -0.150. The number of methoxy groups -OCH3 is 1. The summed E-state index contributed by atoms with van der Waals surface area (Å²) in [5.41, 5.74) is -0.257. The number of carbonyl (C=O) groups is 3. The van der Waals surface area contributed by atoms with Gasteiger partial charge in [0.1, 0.15) is 37.1 Å². The van der Waals surface area contributed by atoms with Gasteiger partial charge in [-0.2, -0.15) is 0 Å². The molecular formula is C24H42N2O9. The molecule has 1 aliphatic carbocycles. The van der Waals surface area contributed by atoms with Gasteiger partial charge in [-0.15, -0.1) is 0 Å². The molecule has 2 amide bonds. The molecule has 202 valence electrons. The van der Waals surface area contributed by atoms with Gasteiger partial charge >= 0.3 is 6.16 Å². The van der Waals surface area contributed by atoms with Crippen LogP contribution in [0.3, 0.4) is 0 Å². The second-order valence-electron chi connectivity index (χ2n) is 9.85. The van der Waals surface area contributed by atoms with Crippen molar-refractivity contribution >= 4 is 18.0 Å². The number of hydrogen-bond acceptors (Lipinski definition) is 9. The summed E-state index contributed by atoms with van der Waals surface area (Å²) in [7, 11) is 1.16. The predicted octanol–water partition coefficient (Wildman–Crippen LogP) is 0.793. The van der Waals surface area contributed by atoms with Crippen LogP contribution >= 0.6 is 0 Å². The Hall–Kier alpha value is -2.21. The fraction of sp³-hybridized carbons (Fsp3) is 0.792. The minimum atomic E-state index is -1.75. The van der Waals surface area contributed by atoms with E-state index in [-0.39, 0.29) is 24.7 Å². The van der Waals surface area contributed by atoms with Crippen LogP contribution in [0, 0.1) is 5.41 Å². The topological polar surface area (TPSA) is 164 Å². The summed E-state index contributed by atoms with van der Waals surface area (Å²) in [5, 5.41) is 35.6. The molecule has 1 fully saturated rings. The van der Waals surface area contributed by atoms with E-state index in [9.17, 15) is 29.7 Å². The number of ether oxygens (including phenoxy) is 3. The number of aliphatic hydroxyl groups excluding tert-OH is 3. The number of amides is 2. The molecule has 0 heterocycles. The minimum absolute atomic E-state index is 0.0140. The van der Waals surface area contributed by atoms with Crippen molar-refractivity contribution in [3.8, 4) is 0 Å². The van der Waals surface area contributed by atoms with Crippen LogP contribution in [0.1, 0.15) is 59.8 Å². The lowest BCUT2D eigenvalue weighted by Gasteiger charge is -2.28. The largest absolute Gasteiger partial charge is 0.508 e. The maximum Gasteiger partial charge on any atom is 0.508 e. The predicted molar refractivity (Wildman–Crippen MR) is 127 cm³/mol. The van der Waals surface area contributed by atoms with Crippen LogP contribution in [0.25, 0.3) is 0 Å². The zero-order valence-corrected chi connectivity index (χ0v) is 21.4. The standard InChI is InChI=1S/C24H42N2O9/c1-15(21(30)25-13-14-34-23(32)35-16-9-7-6-8-10-16)26-22(31)20(33-5)19(29)18(28)17(27)11-12-24(2,3)4/h11-12,15-20,27-29H,6-10,13-14H2,1-5H3,(H,25,30)(H,26,31)/b12-11+/t15-,17+,18-,19+,20+/m0/s1. The van der Waals surface area contributed by atoms with Crippen LogP contribution in [0.4, 0.5) is 4.79 Å². The Balaban J connectivity index is 2.43. The Morgan fingerprint density at radius 2 is 1.66 bits per heavy atom. The summed E-state index contributed by atoms with van der Waals surface area (Å²) >= 11 is 0. The van der Waals surface area contributed by atoms with E-state index in [1.54, 1.807) is 6.08 Å². The highest BCUT2D eigenvalue weighted by Crippen LogP contribution is 2.20. The molecule has 0 aromatic carbocycles. The fourth-order valence-corrected chi connectivity index (χ4v) is 3.46. The lowest BCUT2D eigenvalue weighted by atomic mass is 9.94. The second-order valence-corrected chi connectivity index (χ2v) is 9.85. The van der Waals surface area contributed by atoms with Crippen LogP contribution in [0.2, 0.25) is 0 Å². The van der Waals surface area contributed by atoms with Crippen LogP contribution in [0.5, 0.6) is 0 Å². The van der Waals surface area contributed by atoms with Gasteiger partial charge in [0.25, 0.3) is 5.91 Å². The van der Waals surface area contributed by atoms with E-state index < -0.39 is 48.4 Å². The molecule has 0 radical (unpaired) electrons. The van der Waals surface area contributed by atoms with Crippen molar-refractivity contribution in [3.63, 3.8) is 0 Å². The summed E-state index contributed by atoms with van der Waals surface area (Å²) in [4.78, 5) is 36.5. The van der Waals surface area contributed by atoms with Crippen molar-refractivity contribution in [2.45, 2.75) is 96.4 Å². The molecule has 1 rings (SSSR count). The molecule has 0 aromatic rings. The first kappa shape index (κ1) is 30.8. The van der Waals surface area contributed by atoms with Crippen molar-refractivity contribution in [3.05, 3.63) is 12.2 Å². The van der Waals surface area contributed by atoms with Crippen LogP contribution in [0.15, 0.2) is 12.2 Å². The molecule has 0 bridgehead atoms. The molecule has 0 saturated heterocycles. The molecule has 1 aliphatic rings. The lowest BCUT2D eigenvalue weighted by Crippen LogP contribution is -2.55. The summed E-state index contributed by atoms with van der Waals surface area (Å²) in [6.45, 7) is 7.02. The summed E-state index contributed by atoms with van der Waals surface area (Å²) in [6, 6.07) is -1.01. The van der Waals surface area contributed by atoms with Gasteiger partial charge in [-0.1, -0.05) is 39.3 Å². The monoisotopic (exact) mass is 502 g/mol. The van der Waals surface area contributed by atoms with E-state index in [2.05, 4.69) is 10.6 Å². The third-order valence-corrected chi connectivity index (χ3v) is 5.50. The van der Waals surface area contributed by atoms with Gasteiger partial charge in [-0.25, -0.2) is 4.79 Å². The van der Waals surface area contributed by atoms with E-state index in [0.29, 0.717) is 0 Å². The Bertz CT molecular complexity index is 702. The first-order valence-corrected chi connectivity index (χ1v) is 12.0. The Morgan fingerprint density at radius 3 is 2.23 bits per heavy atom. The van der Waals surface area contributed by atoms with Gasteiger partial charge < -0.3 is 40.2 Å². The zero-order valence-electron chi connectivity index (χ0n) is 21.4. The molecule has 11 heteroatoms. The van der Waals surface area contributed by atoms with Crippen molar-refractivity contribution in [2.75, 3.05) is 20.3 Å².